The molecule has 0 bridgehead atoms. The van der Waals surface area contributed by atoms with E-state index in [-0.39, 0.29) is 11.9 Å². The molecule has 0 aliphatic carbocycles. The first-order chi connectivity index (χ1) is 6.68. The Morgan fingerprint density at radius 3 is 2.93 bits per heavy atom. The Balaban J connectivity index is 2.05. The van der Waals surface area contributed by atoms with Gasteiger partial charge >= 0.3 is 0 Å². The molecule has 0 atom stereocenters. The molecule has 1 aliphatic heterocycles. The molecule has 4 nitrogen and oxygen atoms in total. The third-order valence-electron chi connectivity index (χ3n) is 2.01. The molecule has 1 aliphatic rings. The molecule has 14 heavy (non-hydrogen) atoms. The van der Waals surface area contributed by atoms with Gasteiger partial charge in [0.15, 0.2) is 0 Å². The van der Waals surface area contributed by atoms with Gasteiger partial charge in [-0.15, -0.1) is 0 Å². The third kappa shape index (κ3) is 4.25. The lowest BCUT2D eigenvalue weighted by atomic mass is 10.3. The zero-order valence-electron chi connectivity index (χ0n) is 8.97. The van der Waals surface area contributed by atoms with Crippen molar-refractivity contribution in [2.75, 3.05) is 13.1 Å². The summed E-state index contributed by atoms with van der Waals surface area (Å²) in [4.78, 5) is 15.5. The molecule has 80 valence electrons. The van der Waals surface area contributed by atoms with Gasteiger partial charge in [-0.3, -0.25) is 9.79 Å². The average molecular weight is 197 g/mol. The van der Waals surface area contributed by atoms with E-state index in [0.717, 1.165) is 25.2 Å². The normalized spacial score (nSPS) is 15.5. The van der Waals surface area contributed by atoms with Crippen LogP contribution in [0.5, 0.6) is 0 Å². The van der Waals surface area contributed by atoms with E-state index in [1.165, 1.54) is 0 Å². The summed E-state index contributed by atoms with van der Waals surface area (Å²) >= 11 is 0. The minimum atomic E-state index is 0.103. The molecule has 0 spiro atoms. The van der Waals surface area contributed by atoms with E-state index in [1.54, 1.807) is 0 Å². The number of amidine groups is 1. The maximum absolute atomic E-state index is 11.2. The van der Waals surface area contributed by atoms with Crippen LogP contribution < -0.4 is 10.6 Å². The molecule has 0 aromatic heterocycles. The number of rotatable bonds is 4. The summed E-state index contributed by atoms with van der Waals surface area (Å²) in [6, 6.07) is 0.228. The summed E-state index contributed by atoms with van der Waals surface area (Å²) in [7, 11) is 0. The van der Waals surface area contributed by atoms with Crippen molar-refractivity contribution in [3.63, 3.8) is 0 Å². The van der Waals surface area contributed by atoms with Gasteiger partial charge in [-0.2, -0.15) is 0 Å². The summed E-state index contributed by atoms with van der Waals surface area (Å²) in [6.07, 6.45) is 2.70. The monoisotopic (exact) mass is 197 g/mol. The first-order valence-electron chi connectivity index (χ1n) is 5.25. The molecule has 0 aromatic carbocycles. The maximum Gasteiger partial charge on any atom is 0.221 e. The number of aliphatic imine (C=N–C) groups is 1. The highest BCUT2D eigenvalue weighted by molar-refractivity contribution is 5.84. The van der Waals surface area contributed by atoms with Crippen molar-refractivity contribution in [2.24, 2.45) is 4.99 Å². The van der Waals surface area contributed by atoms with Crippen LogP contribution in [0.4, 0.5) is 0 Å². The van der Waals surface area contributed by atoms with Gasteiger partial charge in [-0.25, -0.2) is 0 Å². The Kier molecular flexibility index (Phi) is 4.43. The molecule has 1 amide bonds. The Morgan fingerprint density at radius 2 is 2.36 bits per heavy atom. The quantitative estimate of drug-likeness (QED) is 0.696. The van der Waals surface area contributed by atoms with Gasteiger partial charge in [0.25, 0.3) is 0 Å². The zero-order chi connectivity index (χ0) is 10.4. The minimum Gasteiger partial charge on any atom is -0.373 e. The first-order valence-corrected chi connectivity index (χ1v) is 5.25. The molecule has 0 saturated carbocycles. The number of carbonyl (C=O) groups excluding carboxylic acids is 1. The van der Waals surface area contributed by atoms with E-state index in [0.29, 0.717) is 13.0 Å². The SMILES string of the molecule is CC(C)NC(=O)CCNC1=NCCC1. The van der Waals surface area contributed by atoms with Crippen LogP contribution in [-0.4, -0.2) is 30.9 Å². The van der Waals surface area contributed by atoms with Crippen LogP contribution in [0.15, 0.2) is 4.99 Å². The summed E-state index contributed by atoms with van der Waals surface area (Å²) in [5.74, 6) is 1.16. The van der Waals surface area contributed by atoms with Crippen molar-refractivity contribution >= 4 is 11.7 Å². The Labute approximate surface area is 85.2 Å². The van der Waals surface area contributed by atoms with E-state index < -0.39 is 0 Å². The highest BCUT2D eigenvalue weighted by Gasteiger charge is 2.06. The van der Waals surface area contributed by atoms with Crippen LogP contribution in [0.2, 0.25) is 0 Å². The maximum atomic E-state index is 11.2. The van der Waals surface area contributed by atoms with Crippen LogP contribution in [0.1, 0.15) is 33.1 Å². The van der Waals surface area contributed by atoms with Crippen molar-refractivity contribution in [3.8, 4) is 0 Å². The van der Waals surface area contributed by atoms with Gasteiger partial charge in [0.2, 0.25) is 5.91 Å². The number of carbonyl (C=O) groups is 1. The largest absolute Gasteiger partial charge is 0.373 e. The standard InChI is InChI=1S/C10H19N3O/c1-8(2)13-10(14)5-7-12-9-4-3-6-11-9/h8H,3-7H2,1-2H3,(H,11,12)(H,13,14). The van der Waals surface area contributed by atoms with E-state index in [4.69, 9.17) is 0 Å². The second-order valence-corrected chi connectivity index (χ2v) is 3.83. The lowest BCUT2D eigenvalue weighted by Crippen LogP contribution is -2.33. The molecule has 4 heteroatoms. The number of nitrogens with one attached hydrogen (secondary N) is 2. The minimum absolute atomic E-state index is 0.103. The summed E-state index contributed by atoms with van der Waals surface area (Å²) in [5, 5.41) is 6.02. The topological polar surface area (TPSA) is 53.5 Å². The number of amides is 1. The fraction of sp³-hybridized carbons (Fsp3) is 0.800. The highest BCUT2D eigenvalue weighted by Crippen LogP contribution is 2.00. The number of hydrogen-bond acceptors (Lipinski definition) is 3. The molecule has 0 aromatic rings. The molecule has 1 rings (SSSR count). The van der Waals surface area contributed by atoms with E-state index >= 15 is 0 Å². The number of hydrogen-bond donors (Lipinski definition) is 2. The molecule has 0 saturated heterocycles. The third-order valence-corrected chi connectivity index (χ3v) is 2.01. The van der Waals surface area contributed by atoms with Gasteiger partial charge in [-0.1, -0.05) is 0 Å². The van der Waals surface area contributed by atoms with E-state index in [1.807, 2.05) is 13.8 Å². The van der Waals surface area contributed by atoms with E-state index in [9.17, 15) is 4.79 Å². The van der Waals surface area contributed by atoms with Crippen molar-refractivity contribution in [3.05, 3.63) is 0 Å². The molecule has 0 fully saturated rings. The molecular weight excluding hydrogens is 178 g/mol. The number of nitrogens with zero attached hydrogens (tertiary/aromatic N) is 1. The molecule has 0 radical (unpaired) electrons. The van der Waals surface area contributed by atoms with Gasteiger partial charge in [0.05, 0.1) is 5.84 Å². The second kappa shape index (κ2) is 5.62. The van der Waals surface area contributed by atoms with Gasteiger partial charge in [0.1, 0.15) is 0 Å². The predicted molar refractivity (Wildman–Crippen MR) is 57.4 cm³/mol. The van der Waals surface area contributed by atoms with Crippen molar-refractivity contribution < 1.29 is 4.79 Å². The van der Waals surface area contributed by atoms with Crippen molar-refractivity contribution in [2.45, 2.75) is 39.2 Å². The Bertz CT molecular complexity index is 223. The Hall–Kier alpha value is -1.06. The summed E-state index contributed by atoms with van der Waals surface area (Å²) < 4.78 is 0. The Morgan fingerprint density at radius 1 is 1.57 bits per heavy atom. The van der Waals surface area contributed by atoms with Gasteiger partial charge in [0, 0.05) is 32.0 Å². The van der Waals surface area contributed by atoms with Crippen LogP contribution >= 0.6 is 0 Å². The van der Waals surface area contributed by atoms with Gasteiger partial charge in [-0.05, 0) is 20.3 Å². The predicted octanol–water partition coefficient (Wildman–Crippen LogP) is 0.683. The second-order valence-electron chi connectivity index (χ2n) is 3.83. The van der Waals surface area contributed by atoms with Gasteiger partial charge < -0.3 is 10.6 Å². The van der Waals surface area contributed by atoms with Crippen molar-refractivity contribution in [1.82, 2.24) is 10.6 Å². The fourth-order valence-corrected chi connectivity index (χ4v) is 1.40. The van der Waals surface area contributed by atoms with Crippen LogP contribution in [-0.2, 0) is 4.79 Å². The van der Waals surface area contributed by atoms with Crippen LogP contribution in [0, 0.1) is 0 Å². The van der Waals surface area contributed by atoms with Crippen molar-refractivity contribution in [1.29, 1.82) is 0 Å². The molecular formula is C10H19N3O. The summed E-state index contributed by atoms with van der Waals surface area (Å²) in [5.41, 5.74) is 0. The zero-order valence-corrected chi connectivity index (χ0v) is 8.97. The highest BCUT2D eigenvalue weighted by atomic mass is 16.1. The molecule has 2 N–H and O–H groups in total. The fourth-order valence-electron chi connectivity index (χ4n) is 1.40. The summed E-state index contributed by atoms with van der Waals surface area (Å²) in [6.45, 7) is 5.55. The van der Waals surface area contributed by atoms with Crippen LogP contribution in [0.25, 0.3) is 0 Å². The van der Waals surface area contributed by atoms with Crippen LogP contribution in [0.3, 0.4) is 0 Å². The molecule has 1 heterocycles. The molecule has 0 unspecified atom stereocenters. The first kappa shape index (κ1) is 11.0. The lowest BCUT2D eigenvalue weighted by Gasteiger charge is -2.09. The average Bonchev–Trinajstić information content (AvgIpc) is 2.55. The van der Waals surface area contributed by atoms with E-state index in [2.05, 4.69) is 15.6 Å². The lowest BCUT2D eigenvalue weighted by molar-refractivity contribution is -0.121. The smallest absolute Gasteiger partial charge is 0.221 e.